The third-order valence-corrected chi connectivity index (χ3v) is 2.73. The maximum atomic E-state index is 5.52. The zero-order chi connectivity index (χ0) is 13.7. The third kappa shape index (κ3) is 3.54. The Kier molecular flexibility index (Phi) is 4.52. The number of nitrogens with zero attached hydrogens (tertiary/aromatic N) is 2. The lowest BCUT2D eigenvalue weighted by molar-refractivity contribution is 0.190. The minimum atomic E-state index is 0.269. The molecule has 0 unspecified atom stereocenters. The molecule has 1 atom stereocenters. The molecule has 0 fully saturated rings. The molecular formula is C14H19N3O2. The molecule has 102 valence electrons. The Morgan fingerprint density at radius 1 is 1.26 bits per heavy atom. The Bertz CT molecular complexity index is 508. The van der Waals surface area contributed by atoms with E-state index < -0.39 is 0 Å². The van der Waals surface area contributed by atoms with Gasteiger partial charge in [-0.15, -0.1) is 10.2 Å². The molecule has 0 bridgehead atoms. The van der Waals surface area contributed by atoms with Crippen molar-refractivity contribution in [3.63, 3.8) is 0 Å². The summed E-state index contributed by atoms with van der Waals surface area (Å²) in [4.78, 5) is 0. The summed E-state index contributed by atoms with van der Waals surface area (Å²) in [7, 11) is 1.70. The second-order valence-electron chi connectivity index (χ2n) is 4.43. The van der Waals surface area contributed by atoms with Gasteiger partial charge in [-0.2, -0.15) is 0 Å². The first-order valence-corrected chi connectivity index (χ1v) is 6.41. The van der Waals surface area contributed by atoms with Gasteiger partial charge in [0.15, 0.2) is 0 Å². The summed E-state index contributed by atoms with van der Waals surface area (Å²) in [5.74, 6) is 1.22. The topological polar surface area (TPSA) is 60.2 Å². The highest BCUT2D eigenvalue weighted by atomic mass is 16.5. The number of ether oxygens (including phenoxy) is 1. The fraction of sp³-hybridized carbons (Fsp3) is 0.429. The van der Waals surface area contributed by atoms with Crippen LogP contribution in [-0.2, 0) is 11.2 Å². The average molecular weight is 261 g/mol. The first-order chi connectivity index (χ1) is 9.22. The number of aromatic nitrogens is 2. The Hall–Kier alpha value is -1.88. The molecule has 0 aliphatic carbocycles. The first-order valence-electron chi connectivity index (χ1n) is 6.41. The predicted molar refractivity (Wildman–Crippen MR) is 74.1 cm³/mol. The summed E-state index contributed by atoms with van der Waals surface area (Å²) in [6.45, 7) is 4.73. The van der Waals surface area contributed by atoms with Crippen LogP contribution in [0.25, 0.3) is 11.5 Å². The lowest BCUT2D eigenvalue weighted by atomic mass is 10.2. The SMILES string of the molecule is CCc1nnc(-c2ccc(N[C@H](C)COC)cc2)o1. The van der Waals surface area contributed by atoms with E-state index in [2.05, 4.69) is 22.4 Å². The zero-order valence-electron chi connectivity index (χ0n) is 11.5. The van der Waals surface area contributed by atoms with Gasteiger partial charge in [0.25, 0.3) is 0 Å². The molecule has 0 saturated carbocycles. The van der Waals surface area contributed by atoms with Crippen LogP contribution >= 0.6 is 0 Å². The van der Waals surface area contributed by atoms with Gasteiger partial charge in [0, 0.05) is 30.8 Å². The van der Waals surface area contributed by atoms with Crippen molar-refractivity contribution in [2.45, 2.75) is 26.3 Å². The van der Waals surface area contributed by atoms with Crippen LogP contribution in [0.4, 0.5) is 5.69 Å². The van der Waals surface area contributed by atoms with Gasteiger partial charge < -0.3 is 14.5 Å². The summed E-state index contributed by atoms with van der Waals surface area (Å²) >= 11 is 0. The summed E-state index contributed by atoms with van der Waals surface area (Å²) in [6.07, 6.45) is 0.751. The fourth-order valence-corrected chi connectivity index (χ4v) is 1.80. The smallest absolute Gasteiger partial charge is 0.247 e. The van der Waals surface area contributed by atoms with E-state index in [0.717, 1.165) is 17.7 Å². The minimum Gasteiger partial charge on any atom is -0.421 e. The van der Waals surface area contributed by atoms with E-state index in [1.807, 2.05) is 31.2 Å². The Morgan fingerprint density at radius 3 is 2.58 bits per heavy atom. The highest BCUT2D eigenvalue weighted by Gasteiger charge is 2.07. The Morgan fingerprint density at radius 2 is 2.00 bits per heavy atom. The monoisotopic (exact) mass is 261 g/mol. The van der Waals surface area contributed by atoms with Crippen molar-refractivity contribution in [3.05, 3.63) is 30.2 Å². The fourth-order valence-electron chi connectivity index (χ4n) is 1.80. The van der Waals surface area contributed by atoms with Gasteiger partial charge >= 0.3 is 0 Å². The molecular weight excluding hydrogens is 242 g/mol. The standard InChI is InChI=1S/C14H19N3O2/c1-4-13-16-17-14(19-13)11-5-7-12(8-6-11)15-10(2)9-18-3/h5-8,10,15H,4,9H2,1-3H3/t10-/m1/s1. The maximum Gasteiger partial charge on any atom is 0.247 e. The van der Waals surface area contributed by atoms with E-state index in [1.165, 1.54) is 0 Å². The van der Waals surface area contributed by atoms with Crippen LogP contribution in [0, 0.1) is 0 Å². The molecule has 0 saturated heterocycles. The van der Waals surface area contributed by atoms with Gasteiger partial charge in [0.2, 0.25) is 11.8 Å². The van der Waals surface area contributed by atoms with Crippen molar-refractivity contribution >= 4 is 5.69 Å². The predicted octanol–water partition coefficient (Wildman–Crippen LogP) is 2.75. The highest BCUT2D eigenvalue weighted by Crippen LogP contribution is 2.20. The van der Waals surface area contributed by atoms with Gasteiger partial charge in [-0.1, -0.05) is 6.92 Å². The van der Waals surface area contributed by atoms with E-state index in [4.69, 9.17) is 9.15 Å². The molecule has 5 nitrogen and oxygen atoms in total. The normalized spacial score (nSPS) is 12.4. The number of anilines is 1. The molecule has 0 amide bonds. The molecule has 0 spiro atoms. The molecule has 1 heterocycles. The minimum absolute atomic E-state index is 0.269. The summed E-state index contributed by atoms with van der Waals surface area (Å²) < 4.78 is 10.6. The molecule has 0 aliphatic rings. The van der Waals surface area contributed by atoms with Gasteiger partial charge in [0.1, 0.15) is 0 Å². The number of rotatable bonds is 6. The number of nitrogens with one attached hydrogen (secondary N) is 1. The molecule has 19 heavy (non-hydrogen) atoms. The first kappa shape index (κ1) is 13.5. The van der Waals surface area contributed by atoms with Crippen molar-refractivity contribution < 1.29 is 9.15 Å². The molecule has 2 aromatic rings. The van der Waals surface area contributed by atoms with Gasteiger partial charge in [-0.3, -0.25) is 0 Å². The number of hydrogen-bond acceptors (Lipinski definition) is 5. The third-order valence-electron chi connectivity index (χ3n) is 2.73. The zero-order valence-corrected chi connectivity index (χ0v) is 11.5. The lowest BCUT2D eigenvalue weighted by Crippen LogP contribution is -2.20. The molecule has 0 aliphatic heterocycles. The molecule has 1 N–H and O–H groups in total. The molecule has 2 rings (SSSR count). The van der Waals surface area contributed by atoms with Crippen molar-refractivity contribution in [2.75, 3.05) is 19.0 Å². The van der Waals surface area contributed by atoms with Crippen molar-refractivity contribution in [1.29, 1.82) is 0 Å². The maximum absolute atomic E-state index is 5.52. The molecule has 0 radical (unpaired) electrons. The van der Waals surface area contributed by atoms with Crippen LogP contribution in [-0.4, -0.2) is 30.0 Å². The van der Waals surface area contributed by atoms with Crippen LogP contribution < -0.4 is 5.32 Å². The summed E-state index contributed by atoms with van der Waals surface area (Å²) in [5.41, 5.74) is 1.97. The number of aryl methyl sites for hydroxylation is 1. The van der Waals surface area contributed by atoms with E-state index >= 15 is 0 Å². The Balaban J connectivity index is 2.05. The second kappa shape index (κ2) is 6.33. The van der Waals surface area contributed by atoms with Gasteiger partial charge in [-0.05, 0) is 31.2 Å². The van der Waals surface area contributed by atoms with Crippen molar-refractivity contribution in [3.8, 4) is 11.5 Å². The number of benzene rings is 1. The molecule has 1 aromatic carbocycles. The quantitative estimate of drug-likeness (QED) is 0.866. The highest BCUT2D eigenvalue weighted by molar-refractivity contribution is 5.58. The van der Waals surface area contributed by atoms with Gasteiger partial charge in [0.05, 0.1) is 6.61 Å². The van der Waals surface area contributed by atoms with Crippen LogP contribution in [0.15, 0.2) is 28.7 Å². The lowest BCUT2D eigenvalue weighted by Gasteiger charge is -2.14. The van der Waals surface area contributed by atoms with Crippen LogP contribution in [0.5, 0.6) is 0 Å². The van der Waals surface area contributed by atoms with E-state index in [0.29, 0.717) is 18.4 Å². The summed E-state index contributed by atoms with van der Waals surface area (Å²) in [5, 5.41) is 11.3. The second-order valence-corrected chi connectivity index (χ2v) is 4.43. The summed E-state index contributed by atoms with van der Waals surface area (Å²) in [6, 6.07) is 8.20. The van der Waals surface area contributed by atoms with Crippen LogP contribution in [0.1, 0.15) is 19.7 Å². The number of methoxy groups -OCH3 is 1. The Labute approximate surface area is 113 Å². The average Bonchev–Trinajstić information content (AvgIpc) is 2.88. The van der Waals surface area contributed by atoms with E-state index in [1.54, 1.807) is 7.11 Å². The van der Waals surface area contributed by atoms with Crippen molar-refractivity contribution in [1.82, 2.24) is 10.2 Å². The molecule has 5 heteroatoms. The number of hydrogen-bond donors (Lipinski definition) is 1. The van der Waals surface area contributed by atoms with Crippen LogP contribution in [0.3, 0.4) is 0 Å². The molecule has 1 aromatic heterocycles. The van der Waals surface area contributed by atoms with Crippen LogP contribution in [0.2, 0.25) is 0 Å². The van der Waals surface area contributed by atoms with E-state index in [9.17, 15) is 0 Å². The van der Waals surface area contributed by atoms with E-state index in [-0.39, 0.29) is 6.04 Å². The van der Waals surface area contributed by atoms with Gasteiger partial charge in [-0.25, -0.2) is 0 Å². The largest absolute Gasteiger partial charge is 0.421 e. The van der Waals surface area contributed by atoms with Crippen molar-refractivity contribution in [2.24, 2.45) is 0 Å².